The molecule has 0 amide bonds. The molecule has 0 aromatic rings. The Balaban J connectivity index is 4.45. The molecule has 0 aliphatic carbocycles. The standard InChI is InChI=1S/C69H118O6/c1-4-7-10-13-16-19-22-25-28-31-34-37-40-43-46-49-52-55-58-61-67(70)73-64-66(75-69(72)63-60-57-54-51-48-45-42-39-36-33-30-27-24-21-18-15-12-9-6-3)65-74-68(71)62-59-56-53-50-47-44-41-38-35-32-29-26-23-20-17-14-11-8-5-2/h7,10,16,18-19,21,24-25,27-28,32,34-35,37,43,46,66H,4-6,8-9,11-15,17,20,22-23,26,29-31,33,36,38-42,44-45,47-65H2,1-3H3/b10-7-,19-16-,21-18-,27-24-,28-25-,35-32-,37-34-,46-43-. The van der Waals surface area contributed by atoms with Crippen LogP contribution in [0, 0.1) is 0 Å². The molecular weight excluding hydrogens is 925 g/mol. The topological polar surface area (TPSA) is 78.9 Å². The van der Waals surface area contributed by atoms with Gasteiger partial charge in [-0.15, -0.1) is 0 Å². The molecule has 1 atom stereocenters. The Bertz CT molecular complexity index is 1480. The molecule has 0 N–H and O–H groups in total. The summed E-state index contributed by atoms with van der Waals surface area (Å²) in [4.78, 5) is 38.3. The summed E-state index contributed by atoms with van der Waals surface area (Å²) in [7, 11) is 0. The van der Waals surface area contributed by atoms with Crippen molar-refractivity contribution >= 4 is 17.9 Å². The van der Waals surface area contributed by atoms with Crippen molar-refractivity contribution in [1.29, 1.82) is 0 Å². The zero-order valence-electron chi connectivity index (χ0n) is 49.3. The maximum Gasteiger partial charge on any atom is 0.306 e. The first kappa shape index (κ1) is 71.3. The predicted molar refractivity (Wildman–Crippen MR) is 325 cm³/mol. The molecular formula is C69H118O6. The molecule has 0 radical (unpaired) electrons. The first-order chi connectivity index (χ1) is 37.0. The van der Waals surface area contributed by atoms with Gasteiger partial charge in [0.25, 0.3) is 0 Å². The van der Waals surface area contributed by atoms with Gasteiger partial charge in [-0.25, -0.2) is 0 Å². The van der Waals surface area contributed by atoms with Gasteiger partial charge in [0.05, 0.1) is 0 Å². The fourth-order valence-electron chi connectivity index (χ4n) is 8.81. The zero-order valence-corrected chi connectivity index (χ0v) is 49.3. The smallest absolute Gasteiger partial charge is 0.306 e. The molecule has 0 rings (SSSR count). The number of unbranched alkanes of at least 4 members (excludes halogenated alkanes) is 31. The van der Waals surface area contributed by atoms with Crippen LogP contribution in [0.5, 0.6) is 0 Å². The van der Waals surface area contributed by atoms with Crippen molar-refractivity contribution in [3.8, 4) is 0 Å². The molecule has 75 heavy (non-hydrogen) atoms. The van der Waals surface area contributed by atoms with Crippen molar-refractivity contribution in [2.24, 2.45) is 0 Å². The van der Waals surface area contributed by atoms with E-state index in [0.717, 1.165) is 96.3 Å². The van der Waals surface area contributed by atoms with Crippen molar-refractivity contribution in [2.75, 3.05) is 13.2 Å². The summed E-state index contributed by atoms with van der Waals surface area (Å²) in [6, 6.07) is 0. The molecule has 430 valence electrons. The van der Waals surface area contributed by atoms with Crippen LogP contribution in [-0.2, 0) is 28.6 Å². The summed E-state index contributed by atoms with van der Waals surface area (Å²) in [5, 5.41) is 0. The molecule has 6 nitrogen and oxygen atoms in total. The van der Waals surface area contributed by atoms with Crippen LogP contribution in [0.4, 0.5) is 0 Å². The second-order valence-electron chi connectivity index (χ2n) is 21.0. The third kappa shape index (κ3) is 61.1. The average Bonchev–Trinajstić information content (AvgIpc) is 3.41. The van der Waals surface area contributed by atoms with Crippen molar-refractivity contribution in [1.82, 2.24) is 0 Å². The molecule has 0 spiro atoms. The molecule has 0 aliphatic rings. The summed E-state index contributed by atoms with van der Waals surface area (Å²) < 4.78 is 16.9. The third-order valence-electron chi connectivity index (χ3n) is 13.6. The van der Waals surface area contributed by atoms with Gasteiger partial charge in [-0.2, -0.15) is 0 Å². The number of esters is 3. The van der Waals surface area contributed by atoms with E-state index >= 15 is 0 Å². The van der Waals surface area contributed by atoms with Gasteiger partial charge in [-0.1, -0.05) is 266 Å². The molecule has 0 bridgehead atoms. The summed E-state index contributed by atoms with van der Waals surface area (Å²) in [5.74, 6) is -0.923. The lowest BCUT2D eigenvalue weighted by atomic mass is 10.1. The van der Waals surface area contributed by atoms with E-state index in [1.807, 2.05) is 0 Å². The Morgan fingerprint density at radius 2 is 0.560 bits per heavy atom. The third-order valence-corrected chi connectivity index (χ3v) is 13.6. The lowest BCUT2D eigenvalue weighted by molar-refractivity contribution is -0.167. The van der Waals surface area contributed by atoms with Gasteiger partial charge in [-0.3, -0.25) is 14.4 Å². The van der Waals surface area contributed by atoms with E-state index in [0.29, 0.717) is 19.3 Å². The SMILES string of the molecule is CC/C=C\C/C=C\C/C=C\C/C=C\C/C=C\CCCCCC(=O)OCC(COC(=O)CCCCCCCCC/C=C\CCCCCCCCCC)OC(=O)CCCCCCCCCCCC/C=C\C=C/CCCCC. The van der Waals surface area contributed by atoms with Gasteiger partial charge in [-0.05, 0) is 116 Å². The number of allylic oxidation sites excluding steroid dienone is 16. The van der Waals surface area contributed by atoms with Crippen LogP contribution in [0.25, 0.3) is 0 Å². The molecule has 0 fully saturated rings. The van der Waals surface area contributed by atoms with Crippen LogP contribution < -0.4 is 0 Å². The second-order valence-corrected chi connectivity index (χ2v) is 21.0. The van der Waals surface area contributed by atoms with Crippen LogP contribution >= 0.6 is 0 Å². The van der Waals surface area contributed by atoms with E-state index in [1.165, 1.54) is 167 Å². The van der Waals surface area contributed by atoms with Crippen molar-refractivity contribution in [2.45, 2.75) is 309 Å². The van der Waals surface area contributed by atoms with Gasteiger partial charge >= 0.3 is 17.9 Å². The molecule has 0 saturated carbocycles. The van der Waals surface area contributed by atoms with Crippen LogP contribution in [-0.4, -0.2) is 37.2 Å². The van der Waals surface area contributed by atoms with E-state index in [-0.39, 0.29) is 31.1 Å². The zero-order chi connectivity index (χ0) is 54.3. The number of hydrogen-bond donors (Lipinski definition) is 0. The molecule has 0 aromatic heterocycles. The Hall–Kier alpha value is -3.67. The molecule has 0 aliphatic heterocycles. The molecule has 1 unspecified atom stereocenters. The summed E-state index contributed by atoms with van der Waals surface area (Å²) >= 11 is 0. The lowest BCUT2D eigenvalue weighted by Gasteiger charge is -2.18. The Labute approximate surface area is 464 Å². The van der Waals surface area contributed by atoms with E-state index in [4.69, 9.17) is 14.2 Å². The van der Waals surface area contributed by atoms with Crippen LogP contribution in [0.1, 0.15) is 303 Å². The molecule has 0 saturated heterocycles. The quantitative estimate of drug-likeness (QED) is 0.0199. The molecule has 0 heterocycles. The number of carbonyl (C=O) groups is 3. The van der Waals surface area contributed by atoms with E-state index < -0.39 is 6.10 Å². The van der Waals surface area contributed by atoms with Crippen LogP contribution in [0.3, 0.4) is 0 Å². The summed E-state index contributed by atoms with van der Waals surface area (Å²) in [6.45, 7) is 6.49. The van der Waals surface area contributed by atoms with Gasteiger partial charge in [0.2, 0.25) is 0 Å². The maximum absolute atomic E-state index is 12.9. The van der Waals surface area contributed by atoms with Crippen LogP contribution in [0.2, 0.25) is 0 Å². The summed E-state index contributed by atoms with van der Waals surface area (Å²) in [5.41, 5.74) is 0. The first-order valence-electron chi connectivity index (χ1n) is 31.8. The van der Waals surface area contributed by atoms with Gasteiger partial charge in [0.1, 0.15) is 13.2 Å². The number of hydrogen-bond acceptors (Lipinski definition) is 6. The van der Waals surface area contributed by atoms with Gasteiger partial charge in [0, 0.05) is 19.3 Å². The Morgan fingerprint density at radius 1 is 0.293 bits per heavy atom. The highest BCUT2D eigenvalue weighted by molar-refractivity contribution is 5.71. The highest BCUT2D eigenvalue weighted by atomic mass is 16.6. The normalized spacial score (nSPS) is 12.7. The minimum Gasteiger partial charge on any atom is -0.462 e. The van der Waals surface area contributed by atoms with E-state index in [1.54, 1.807) is 0 Å². The Morgan fingerprint density at radius 3 is 0.947 bits per heavy atom. The van der Waals surface area contributed by atoms with Gasteiger partial charge < -0.3 is 14.2 Å². The largest absolute Gasteiger partial charge is 0.462 e. The number of carbonyl (C=O) groups excluding carboxylic acids is 3. The fraction of sp³-hybridized carbons (Fsp3) is 0.725. The van der Waals surface area contributed by atoms with Crippen molar-refractivity contribution < 1.29 is 28.6 Å². The highest BCUT2D eigenvalue weighted by Gasteiger charge is 2.19. The minimum atomic E-state index is -0.797. The first-order valence-corrected chi connectivity index (χ1v) is 31.8. The maximum atomic E-state index is 12.9. The van der Waals surface area contributed by atoms with Crippen molar-refractivity contribution in [3.63, 3.8) is 0 Å². The molecule has 6 heteroatoms. The lowest BCUT2D eigenvalue weighted by Crippen LogP contribution is -2.30. The number of ether oxygens (including phenoxy) is 3. The van der Waals surface area contributed by atoms with Crippen LogP contribution in [0.15, 0.2) is 97.2 Å². The summed E-state index contributed by atoms with van der Waals surface area (Å²) in [6.07, 6.45) is 84.0. The van der Waals surface area contributed by atoms with Crippen molar-refractivity contribution in [3.05, 3.63) is 97.2 Å². The minimum absolute atomic E-state index is 0.0914. The second kappa shape index (κ2) is 62.9. The predicted octanol–water partition coefficient (Wildman–Crippen LogP) is 21.7. The van der Waals surface area contributed by atoms with E-state index in [2.05, 4.69) is 118 Å². The molecule has 0 aromatic carbocycles. The monoisotopic (exact) mass is 1040 g/mol. The van der Waals surface area contributed by atoms with E-state index in [9.17, 15) is 14.4 Å². The highest BCUT2D eigenvalue weighted by Crippen LogP contribution is 2.16. The number of rotatable bonds is 57. The average molecular weight is 1040 g/mol. The fourth-order valence-corrected chi connectivity index (χ4v) is 8.81. The van der Waals surface area contributed by atoms with Gasteiger partial charge in [0.15, 0.2) is 6.10 Å². The Kier molecular flexibility index (Phi) is 59.8.